The fourth-order valence-corrected chi connectivity index (χ4v) is 1.50. The average molecular weight is 188 g/mol. The van der Waals surface area contributed by atoms with Gasteiger partial charge in [0, 0.05) is 17.2 Å². The Kier molecular flexibility index (Phi) is 2.27. The number of benzene rings is 1. The largest absolute Gasteiger partial charge is 0.496 e. The van der Waals surface area contributed by atoms with Crippen molar-refractivity contribution in [3.05, 3.63) is 35.9 Å². The minimum absolute atomic E-state index is 0.629. The number of hydrogen-bond donors (Lipinski definition) is 0. The van der Waals surface area contributed by atoms with Crippen LogP contribution in [0.25, 0.3) is 12.2 Å². The zero-order chi connectivity index (χ0) is 9.97. The molecule has 14 heavy (non-hydrogen) atoms. The lowest BCUT2D eigenvalue weighted by Crippen LogP contribution is -2.01. The smallest absolute Gasteiger partial charge is 0.130 e. The van der Waals surface area contributed by atoms with Crippen LogP contribution in [0.4, 0.5) is 0 Å². The fraction of sp³-hybridized carbons (Fsp3) is 0.167. The molecular formula is C12H12O2. The van der Waals surface area contributed by atoms with Crippen molar-refractivity contribution < 1.29 is 9.47 Å². The van der Waals surface area contributed by atoms with Crippen LogP contribution in [-0.2, 0) is 0 Å². The van der Waals surface area contributed by atoms with Gasteiger partial charge in [0.25, 0.3) is 0 Å². The van der Waals surface area contributed by atoms with Gasteiger partial charge in [0.2, 0.25) is 0 Å². The summed E-state index contributed by atoms with van der Waals surface area (Å²) in [4.78, 5) is 0. The predicted octanol–water partition coefficient (Wildman–Crippen LogP) is 2.74. The van der Waals surface area contributed by atoms with Gasteiger partial charge in [0.05, 0.1) is 7.11 Å². The molecule has 0 spiro atoms. The van der Waals surface area contributed by atoms with Crippen molar-refractivity contribution in [2.24, 2.45) is 0 Å². The summed E-state index contributed by atoms with van der Waals surface area (Å²) in [6, 6.07) is 3.91. The number of rotatable bonds is 2. The Morgan fingerprint density at radius 3 is 3.07 bits per heavy atom. The van der Waals surface area contributed by atoms with E-state index in [0.717, 1.165) is 22.6 Å². The zero-order valence-corrected chi connectivity index (χ0v) is 8.12. The van der Waals surface area contributed by atoms with Crippen molar-refractivity contribution in [1.82, 2.24) is 0 Å². The molecule has 0 aromatic heterocycles. The Hall–Kier alpha value is -1.70. The average Bonchev–Trinajstić information content (AvgIpc) is 2.27. The van der Waals surface area contributed by atoms with Crippen LogP contribution >= 0.6 is 0 Å². The molecule has 0 saturated carbocycles. The van der Waals surface area contributed by atoms with Crippen LogP contribution in [0.5, 0.6) is 11.5 Å². The molecule has 0 aliphatic carbocycles. The van der Waals surface area contributed by atoms with Gasteiger partial charge in [-0.25, -0.2) is 0 Å². The van der Waals surface area contributed by atoms with Crippen molar-refractivity contribution >= 4 is 12.2 Å². The zero-order valence-electron chi connectivity index (χ0n) is 8.12. The molecule has 1 aromatic carbocycles. The van der Waals surface area contributed by atoms with Crippen molar-refractivity contribution in [2.75, 3.05) is 13.7 Å². The maximum absolute atomic E-state index is 5.46. The maximum Gasteiger partial charge on any atom is 0.130 e. The van der Waals surface area contributed by atoms with Crippen molar-refractivity contribution in [3.63, 3.8) is 0 Å². The molecule has 0 fully saturated rings. The summed E-state index contributed by atoms with van der Waals surface area (Å²) >= 11 is 0. The second-order valence-electron chi connectivity index (χ2n) is 3.05. The van der Waals surface area contributed by atoms with Crippen LogP contribution in [0.15, 0.2) is 24.8 Å². The molecule has 0 N–H and O–H groups in total. The minimum atomic E-state index is 0.629. The van der Waals surface area contributed by atoms with Crippen LogP contribution in [-0.4, -0.2) is 13.7 Å². The monoisotopic (exact) mass is 188 g/mol. The van der Waals surface area contributed by atoms with Gasteiger partial charge in [-0.05, 0) is 12.1 Å². The first-order valence-electron chi connectivity index (χ1n) is 4.49. The third-order valence-electron chi connectivity index (χ3n) is 2.21. The van der Waals surface area contributed by atoms with Crippen molar-refractivity contribution in [3.8, 4) is 11.5 Å². The molecule has 1 heterocycles. The lowest BCUT2D eigenvalue weighted by molar-refractivity contribution is 0.352. The third-order valence-corrected chi connectivity index (χ3v) is 2.21. The first kappa shape index (κ1) is 8.88. The first-order chi connectivity index (χ1) is 6.85. The van der Waals surface area contributed by atoms with Crippen LogP contribution in [0, 0.1) is 0 Å². The highest BCUT2D eigenvalue weighted by Gasteiger charge is 2.09. The molecule has 0 saturated heterocycles. The van der Waals surface area contributed by atoms with Gasteiger partial charge in [0.15, 0.2) is 0 Å². The van der Waals surface area contributed by atoms with E-state index < -0.39 is 0 Å². The molecule has 2 rings (SSSR count). The first-order valence-corrected chi connectivity index (χ1v) is 4.49. The maximum atomic E-state index is 5.46. The molecule has 0 unspecified atom stereocenters. The van der Waals surface area contributed by atoms with E-state index in [9.17, 15) is 0 Å². The molecule has 1 aliphatic rings. The summed E-state index contributed by atoms with van der Waals surface area (Å²) in [7, 11) is 1.65. The number of ether oxygens (including phenoxy) is 2. The highest BCUT2D eigenvalue weighted by atomic mass is 16.5. The molecule has 0 radical (unpaired) electrons. The SMILES string of the molecule is C=Cc1cc2c(cc1OC)OCC=C2. The van der Waals surface area contributed by atoms with Gasteiger partial charge < -0.3 is 9.47 Å². The molecular weight excluding hydrogens is 176 g/mol. The van der Waals surface area contributed by atoms with Gasteiger partial charge >= 0.3 is 0 Å². The van der Waals surface area contributed by atoms with Crippen molar-refractivity contribution in [2.45, 2.75) is 0 Å². The number of fused-ring (bicyclic) bond motifs is 1. The lowest BCUT2D eigenvalue weighted by atomic mass is 10.1. The summed E-state index contributed by atoms with van der Waals surface area (Å²) in [6.07, 6.45) is 5.81. The Balaban J connectivity index is 2.56. The Bertz CT molecular complexity index is 391. The fourth-order valence-electron chi connectivity index (χ4n) is 1.50. The Morgan fingerprint density at radius 2 is 2.36 bits per heavy atom. The topological polar surface area (TPSA) is 18.5 Å². The van der Waals surface area contributed by atoms with Crippen LogP contribution < -0.4 is 9.47 Å². The van der Waals surface area contributed by atoms with E-state index >= 15 is 0 Å². The van der Waals surface area contributed by atoms with E-state index in [0.29, 0.717) is 6.61 Å². The quantitative estimate of drug-likeness (QED) is 0.710. The molecule has 0 bridgehead atoms. The van der Waals surface area contributed by atoms with Gasteiger partial charge in [-0.1, -0.05) is 18.7 Å². The third kappa shape index (κ3) is 1.39. The van der Waals surface area contributed by atoms with E-state index in [2.05, 4.69) is 6.58 Å². The lowest BCUT2D eigenvalue weighted by Gasteiger charge is -2.15. The van der Waals surface area contributed by atoms with E-state index in [1.54, 1.807) is 13.2 Å². The Labute approximate surface area is 83.5 Å². The number of hydrogen-bond acceptors (Lipinski definition) is 2. The molecule has 2 nitrogen and oxygen atoms in total. The van der Waals surface area contributed by atoms with E-state index in [1.807, 2.05) is 24.3 Å². The van der Waals surface area contributed by atoms with Crippen LogP contribution in [0.1, 0.15) is 11.1 Å². The molecule has 1 aromatic rings. The summed E-state index contributed by atoms with van der Waals surface area (Å²) in [6.45, 7) is 4.37. The standard InChI is InChI=1S/C12H12O2/c1-3-9-7-10-5-4-6-14-12(10)8-11(9)13-2/h3-5,7-8H,1,6H2,2H3. The van der Waals surface area contributed by atoms with Gasteiger partial charge in [-0.2, -0.15) is 0 Å². The van der Waals surface area contributed by atoms with Crippen LogP contribution in [0.2, 0.25) is 0 Å². The second-order valence-corrected chi connectivity index (χ2v) is 3.05. The highest BCUT2D eigenvalue weighted by Crippen LogP contribution is 2.32. The van der Waals surface area contributed by atoms with Crippen molar-refractivity contribution in [1.29, 1.82) is 0 Å². The summed E-state index contributed by atoms with van der Waals surface area (Å²) in [5.41, 5.74) is 2.06. The van der Waals surface area contributed by atoms with Gasteiger partial charge in [-0.15, -0.1) is 0 Å². The molecule has 2 heteroatoms. The van der Waals surface area contributed by atoms with E-state index in [-0.39, 0.29) is 0 Å². The minimum Gasteiger partial charge on any atom is -0.496 e. The number of methoxy groups -OCH3 is 1. The summed E-state index contributed by atoms with van der Waals surface area (Å²) in [5.74, 6) is 1.67. The Morgan fingerprint density at radius 1 is 1.50 bits per heavy atom. The molecule has 0 atom stereocenters. The molecule has 1 aliphatic heterocycles. The van der Waals surface area contributed by atoms with E-state index in [1.165, 1.54) is 0 Å². The molecule has 72 valence electrons. The second kappa shape index (κ2) is 3.58. The van der Waals surface area contributed by atoms with Gasteiger partial charge in [-0.3, -0.25) is 0 Å². The normalized spacial score (nSPS) is 12.9. The predicted molar refractivity (Wildman–Crippen MR) is 57.6 cm³/mol. The summed E-state index contributed by atoms with van der Waals surface area (Å²) < 4.78 is 10.7. The molecule has 0 amide bonds. The van der Waals surface area contributed by atoms with E-state index in [4.69, 9.17) is 9.47 Å². The van der Waals surface area contributed by atoms with Gasteiger partial charge in [0.1, 0.15) is 18.1 Å². The summed E-state index contributed by atoms with van der Waals surface area (Å²) in [5, 5.41) is 0. The van der Waals surface area contributed by atoms with Crippen LogP contribution in [0.3, 0.4) is 0 Å². The highest BCUT2D eigenvalue weighted by molar-refractivity contribution is 5.68.